The molecule has 24 heavy (non-hydrogen) atoms. The lowest BCUT2D eigenvalue weighted by atomic mass is 9.60. The van der Waals surface area contributed by atoms with Crippen LogP contribution < -0.4 is 0 Å². The van der Waals surface area contributed by atoms with E-state index in [1.807, 2.05) is 0 Å². The second-order valence-electron chi connectivity index (χ2n) is 9.15. The van der Waals surface area contributed by atoms with Crippen LogP contribution in [0, 0.1) is 53.8 Å². The van der Waals surface area contributed by atoms with Gasteiger partial charge in [0, 0.05) is 5.92 Å². The van der Waals surface area contributed by atoms with Crippen molar-refractivity contribution in [2.24, 2.45) is 41.4 Å². The average Bonchev–Trinajstić information content (AvgIpc) is 2.55. The molecule has 0 nitrogen and oxygen atoms in total. The Balaban J connectivity index is 2.13. The van der Waals surface area contributed by atoms with Crippen molar-refractivity contribution in [2.45, 2.75) is 91.7 Å². The molecule has 0 amide bonds. The fourth-order valence-corrected chi connectivity index (χ4v) is 5.90. The first kappa shape index (κ1) is 19.8. The van der Waals surface area contributed by atoms with Crippen LogP contribution >= 0.6 is 0 Å². The Morgan fingerprint density at radius 2 is 1.75 bits per heavy atom. The predicted molar refractivity (Wildman–Crippen MR) is 102 cm³/mol. The van der Waals surface area contributed by atoms with Gasteiger partial charge >= 0.3 is 0 Å². The van der Waals surface area contributed by atoms with Gasteiger partial charge in [0.15, 0.2) is 0 Å². The highest BCUT2D eigenvalue weighted by Crippen LogP contribution is 2.48. The maximum atomic E-state index is 15.0. The lowest BCUT2D eigenvalue weighted by Crippen LogP contribution is -2.40. The van der Waals surface area contributed by atoms with Gasteiger partial charge in [-0.3, -0.25) is 0 Å². The van der Waals surface area contributed by atoms with Crippen molar-refractivity contribution < 1.29 is 4.39 Å². The Morgan fingerprint density at radius 1 is 1.08 bits per heavy atom. The smallest absolute Gasteiger partial charge is 0.103 e. The van der Waals surface area contributed by atoms with Crippen LogP contribution in [0.4, 0.5) is 4.39 Å². The molecule has 0 heterocycles. The molecule has 2 saturated carbocycles. The van der Waals surface area contributed by atoms with Crippen molar-refractivity contribution in [1.82, 2.24) is 0 Å². The summed E-state index contributed by atoms with van der Waals surface area (Å²) in [5.41, 5.74) is 0. The Kier molecular flexibility index (Phi) is 7.64. The molecule has 0 aromatic carbocycles. The first-order chi connectivity index (χ1) is 11.5. The SMILES string of the molecule is C#CC1CCC(C(C(C)C)C(CCC)C2CCC(C)CC2F)CC1. The number of alkyl halides is 1. The molecule has 138 valence electrons. The zero-order valence-electron chi connectivity index (χ0n) is 16.4. The van der Waals surface area contributed by atoms with Crippen LogP contribution in [0.5, 0.6) is 0 Å². The predicted octanol–water partition coefficient (Wildman–Crippen LogP) is 6.89. The standard InChI is InChI=1S/C23H39F/c1-6-8-21(20-14-9-17(5)15-22(20)24)23(16(3)4)19-12-10-18(7-2)11-13-19/h2,16-23H,6,8-15H2,1,3-5H3. The lowest BCUT2D eigenvalue weighted by Gasteiger charge is -2.45. The largest absolute Gasteiger partial charge is 0.247 e. The second-order valence-corrected chi connectivity index (χ2v) is 9.15. The lowest BCUT2D eigenvalue weighted by molar-refractivity contribution is 0.0115. The minimum Gasteiger partial charge on any atom is -0.247 e. The van der Waals surface area contributed by atoms with Gasteiger partial charge in [0.05, 0.1) is 0 Å². The molecule has 0 bridgehead atoms. The van der Waals surface area contributed by atoms with E-state index in [2.05, 4.69) is 33.6 Å². The molecule has 0 aromatic rings. The molecular weight excluding hydrogens is 295 g/mol. The van der Waals surface area contributed by atoms with Gasteiger partial charge in [-0.1, -0.05) is 47.0 Å². The van der Waals surface area contributed by atoms with E-state index in [-0.39, 0.29) is 0 Å². The third-order valence-corrected chi connectivity index (χ3v) is 7.07. The summed E-state index contributed by atoms with van der Waals surface area (Å²) < 4.78 is 15.0. The van der Waals surface area contributed by atoms with E-state index in [1.54, 1.807) is 0 Å². The second kappa shape index (κ2) is 9.26. The van der Waals surface area contributed by atoms with Gasteiger partial charge in [0.1, 0.15) is 6.17 Å². The van der Waals surface area contributed by atoms with Crippen LogP contribution in [0.15, 0.2) is 0 Å². The first-order valence-electron chi connectivity index (χ1n) is 10.6. The summed E-state index contributed by atoms with van der Waals surface area (Å²) in [6, 6.07) is 0. The van der Waals surface area contributed by atoms with E-state index in [0.29, 0.717) is 35.5 Å². The van der Waals surface area contributed by atoms with Gasteiger partial charge in [-0.25, -0.2) is 4.39 Å². The van der Waals surface area contributed by atoms with E-state index >= 15 is 0 Å². The molecule has 0 saturated heterocycles. The number of terminal acetylenes is 1. The molecule has 0 aliphatic heterocycles. The van der Waals surface area contributed by atoms with Crippen LogP contribution in [0.3, 0.4) is 0 Å². The van der Waals surface area contributed by atoms with Crippen molar-refractivity contribution >= 4 is 0 Å². The van der Waals surface area contributed by atoms with Crippen molar-refractivity contribution in [3.8, 4) is 12.3 Å². The molecule has 2 aliphatic carbocycles. The zero-order valence-corrected chi connectivity index (χ0v) is 16.4. The highest BCUT2D eigenvalue weighted by molar-refractivity contribution is 4.97. The number of hydrogen-bond donors (Lipinski definition) is 0. The third-order valence-electron chi connectivity index (χ3n) is 7.07. The zero-order chi connectivity index (χ0) is 17.7. The Bertz CT molecular complexity index is 399. The van der Waals surface area contributed by atoms with Crippen LogP contribution in [0.2, 0.25) is 0 Å². The summed E-state index contributed by atoms with van der Waals surface area (Å²) in [6.07, 6.45) is 15.5. The van der Waals surface area contributed by atoms with Gasteiger partial charge in [0.25, 0.3) is 0 Å². The Hall–Kier alpha value is -0.510. The van der Waals surface area contributed by atoms with Crippen LogP contribution in [0.25, 0.3) is 0 Å². The molecular formula is C23H39F. The van der Waals surface area contributed by atoms with Gasteiger partial charge in [-0.15, -0.1) is 12.3 Å². The van der Waals surface area contributed by atoms with E-state index in [1.165, 1.54) is 44.9 Å². The fourth-order valence-electron chi connectivity index (χ4n) is 5.90. The summed E-state index contributed by atoms with van der Waals surface area (Å²) in [4.78, 5) is 0. The van der Waals surface area contributed by atoms with E-state index in [4.69, 9.17) is 6.42 Å². The molecule has 0 spiro atoms. The summed E-state index contributed by atoms with van der Waals surface area (Å²) in [5, 5.41) is 0. The molecule has 2 aliphatic rings. The monoisotopic (exact) mass is 334 g/mol. The first-order valence-corrected chi connectivity index (χ1v) is 10.6. The summed E-state index contributed by atoms with van der Waals surface area (Å²) in [5.74, 6) is 7.00. The Labute approximate surface area is 150 Å². The maximum Gasteiger partial charge on any atom is 0.103 e. The van der Waals surface area contributed by atoms with E-state index in [0.717, 1.165) is 18.8 Å². The summed E-state index contributed by atoms with van der Waals surface area (Å²) >= 11 is 0. The number of halogens is 1. The fraction of sp³-hybridized carbons (Fsp3) is 0.913. The van der Waals surface area contributed by atoms with Crippen molar-refractivity contribution in [1.29, 1.82) is 0 Å². The van der Waals surface area contributed by atoms with Gasteiger partial charge in [0.2, 0.25) is 0 Å². The molecule has 0 radical (unpaired) electrons. The molecule has 2 fully saturated rings. The molecule has 1 heteroatoms. The minimum absolute atomic E-state index is 0.305. The van der Waals surface area contributed by atoms with Gasteiger partial charge in [-0.05, 0) is 74.0 Å². The van der Waals surface area contributed by atoms with Crippen LogP contribution in [-0.4, -0.2) is 6.17 Å². The Morgan fingerprint density at radius 3 is 2.25 bits per heavy atom. The summed E-state index contributed by atoms with van der Waals surface area (Å²) in [7, 11) is 0. The van der Waals surface area contributed by atoms with Gasteiger partial charge in [-0.2, -0.15) is 0 Å². The maximum absolute atomic E-state index is 15.0. The van der Waals surface area contributed by atoms with Gasteiger partial charge < -0.3 is 0 Å². The normalized spacial score (nSPS) is 37.0. The van der Waals surface area contributed by atoms with E-state index in [9.17, 15) is 4.39 Å². The molecule has 5 atom stereocenters. The third kappa shape index (κ3) is 4.77. The molecule has 5 unspecified atom stereocenters. The molecule has 0 aromatic heterocycles. The average molecular weight is 335 g/mol. The highest BCUT2D eigenvalue weighted by Gasteiger charge is 2.41. The highest BCUT2D eigenvalue weighted by atomic mass is 19.1. The number of rotatable bonds is 6. The van der Waals surface area contributed by atoms with Crippen LogP contribution in [0.1, 0.15) is 85.5 Å². The summed E-state index contributed by atoms with van der Waals surface area (Å²) in [6.45, 7) is 9.25. The van der Waals surface area contributed by atoms with Crippen molar-refractivity contribution in [3.63, 3.8) is 0 Å². The van der Waals surface area contributed by atoms with E-state index < -0.39 is 6.17 Å². The topological polar surface area (TPSA) is 0 Å². The molecule has 0 N–H and O–H groups in total. The molecule has 2 rings (SSSR count). The van der Waals surface area contributed by atoms with Crippen molar-refractivity contribution in [2.75, 3.05) is 0 Å². The minimum atomic E-state index is -0.575. The van der Waals surface area contributed by atoms with Crippen LogP contribution in [-0.2, 0) is 0 Å². The van der Waals surface area contributed by atoms with Crippen molar-refractivity contribution in [3.05, 3.63) is 0 Å². The quantitative estimate of drug-likeness (QED) is 0.464. The number of hydrogen-bond acceptors (Lipinski definition) is 0.